The second-order valence-electron chi connectivity index (χ2n) is 5.83. The lowest BCUT2D eigenvalue weighted by atomic mass is 10.2. The van der Waals surface area contributed by atoms with E-state index < -0.39 is 11.6 Å². The molecule has 0 spiro atoms. The molecule has 2 aromatic carbocycles. The maximum absolute atomic E-state index is 12.3. The van der Waals surface area contributed by atoms with Crippen LogP contribution in [0, 0.1) is 0 Å². The topological polar surface area (TPSA) is 85.6 Å². The van der Waals surface area contributed by atoms with Gasteiger partial charge in [0, 0.05) is 11.1 Å². The largest absolute Gasteiger partial charge is 0.423 e. The molecule has 0 saturated heterocycles. The number of ether oxygens (including phenoxy) is 1. The molecular weight excluding hydrogens is 378 g/mol. The number of carbonyl (C=O) groups excluding carboxylic acids is 2. The van der Waals surface area contributed by atoms with Crippen LogP contribution in [-0.2, 0) is 0 Å². The molecule has 28 heavy (non-hydrogen) atoms. The number of nitrogens with one attached hydrogen (secondary N) is 1. The molecule has 0 aliphatic rings. The highest BCUT2D eigenvalue weighted by atomic mass is 32.1. The van der Waals surface area contributed by atoms with Gasteiger partial charge in [0.05, 0.1) is 4.88 Å². The Balaban J connectivity index is 1.48. The van der Waals surface area contributed by atoms with E-state index in [1.165, 1.54) is 29.5 Å². The number of fused-ring (bicyclic) bond motifs is 1. The van der Waals surface area contributed by atoms with Gasteiger partial charge in [-0.1, -0.05) is 24.3 Å². The fourth-order valence-corrected chi connectivity index (χ4v) is 3.19. The summed E-state index contributed by atoms with van der Waals surface area (Å²) in [6.07, 6.45) is 0. The summed E-state index contributed by atoms with van der Waals surface area (Å²) in [6.45, 7) is 0. The van der Waals surface area contributed by atoms with E-state index in [1.54, 1.807) is 48.5 Å². The number of esters is 1. The average molecular weight is 391 g/mol. The summed E-state index contributed by atoms with van der Waals surface area (Å²) in [5, 5.41) is 5.20. The number of hydrogen-bond acceptors (Lipinski definition) is 6. The van der Waals surface area contributed by atoms with Crippen LogP contribution >= 0.6 is 11.3 Å². The van der Waals surface area contributed by atoms with Gasteiger partial charge >= 0.3 is 11.6 Å². The maximum atomic E-state index is 12.3. The molecule has 4 rings (SSSR count). The van der Waals surface area contributed by atoms with Gasteiger partial charge in [-0.3, -0.25) is 4.79 Å². The third-order valence-electron chi connectivity index (χ3n) is 3.93. The first-order valence-corrected chi connectivity index (χ1v) is 9.18. The van der Waals surface area contributed by atoms with Gasteiger partial charge in [-0.15, -0.1) is 11.3 Å². The van der Waals surface area contributed by atoms with E-state index in [1.807, 2.05) is 5.38 Å². The van der Waals surface area contributed by atoms with Crippen molar-refractivity contribution in [1.29, 1.82) is 0 Å². The van der Waals surface area contributed by atoms with Crippen LogP contribution in [0.1, 0.15) is 20.0 Å². The van der Waals surface area contributed by atoms with Crippen molar-refractivity contribution in [3.05, 3.63) is 93.0 Å². The van der Waals surface area contributed by atoms with Crippen LogP contribution in [0.3, 0.4) is 0 Å². The van der Waals surface area contributed by atoms with Gasteiger partial charge in [0.2, 0.25) is 0 Å². The molecule has 0 atom stereocenters. The molecule has 0 aliphatic heterocycles. The first-order chi connectivity index (χ1) is 13.6. The Kier molecular flexibility index (Phi) is 4.74. The normalized spacial score (nSPS) is 10.6. The van der Waals surface area contributed by atoms with Crippen LogP contribution in [0.5, 0.6) is 5.75 Å². The molecule has 1 amide bonds. The predicted molar refractivity (Wildman–Crippen MR) is 106 cm³/mol. The molecule has 4 aromatic rings. The third kappa shape index (κ3) is 3.70. The Morgan fingerprint density at radius 2 is 1.75 bits per heavy atom. The Hall–Kier alpha value is -3.71. The molecule has 138 valence electrons. The van der Waals surface area contributed by atoms with Gasteiger partial charge < -0.3 is 14.5 Å². The molecule has 0 unspecified atom stereocenters. The standard InChI is InChI=1S/C21H13NO5S/c23-19(18-6-3-11-28-18)22-14-7-9-15(10-8-14)26-20(24)16-12-13-4-1-2-5-17(13)27-21(16)25/h1-12H,(H,22,23). The minimum atomic E-state index is -0.810. The number of rotatable bonds is 4. The second kappa shape index (κ2) is 7.50. The third-order valence-corrected chi connectivity index (χ3v) is 4.80. The summed E-state index contributed by atoms with van der Waals surface area (Å²) in [5.41, 5.74) is 0.00982. The lowest BCUT2D eigenvalue weighted by molar-refractivity contribution is 0.0730. The minimum absolute atomic E-state index is 0.186. The van der Waals surface area contributed by atoms with E-state index in [4.69, 9.17) is 9.15 Å². The first-order valence-electron chi connectivity index (χ1n) is 8.30. The fraction of sp³-hybridized carbons (Fsp3) is 0. The van der Waals surface area contributed by atoms with E-state index in [-0.39, 0.29) is 17.2 Å². The zero-order chi connectivity index (χ0) is 19.5. The Labute approximate surface area is 163 Å². The molecule has 6 nitrogen and oxygen atoms in total. The SMILES string of the molecule is O=C(Nc1ccc(OC(=O)c2cc3ccccc3oc2=O)cc1)c1cccs1. The monoisotopic (exact) mass is 391 g/mol. The molecular formula is C21H13NO5S. The Morgan fingerprint density at radius 1 is 0.964 bits per heavy atom. The zero-order valence-corrected chi connectivity index (χ0v) is 15.2. The van der Waals surface area contributed by atoms with Crippen LogP contribution in [0.25, 0.3) is 11.0 Å². The van der Waals surface area contributed by atoms with E-state index in [9.17, 15) is 14.4 Å². The van der Waals surface area contributed by atoms with Crippen molar-refractivity contribution in [3.63, 3.8) is 0 Å². The molecule has 0 saturated carbocycles. The van der Waals surface area contributed by atoms with E-state index in [2.05, 4.69) is 5.32 Å². The molecule has 0 aliphatic carbocycles. The summed E-state index contributed by atoms with van der Waals surface area (Å²) in [7, 11) is 0. The second-order valence-corrected chi connectivity index (χ2v) is 6.78. The van der Waals surface area contributed by atoms with Crippen molar-refractivity contribution < 1.29 is 18.7 Å². The lowest BCUT2D eigenvalue weighted by Gasteiger charge is -2.07. The van der Waals surface area contributed by atoms with E-state index >= 15 is 0 Å². The number of hydrogen-bond donors (Lipinski definition) is 1. The number of amides is 1. The summed E-state index contributed by atoms with van der Waals surface area (Å²) < 4.78 is 10.4. The Bertz CT molecular complexity index is 1210. The molecule has 0 bridgehead atoms. The minimum Gasteiger partial charge on any atom is -0.423 e. The van der Waals surface area contributed by atoms with Crippen molar-refractivity contribution in [2.24, 2.45) is 0 Å². The number of thiophene rings is 1. The molecule has 2 aromatic heterocycles. The molecule has 2 heterocycles. The number of anilines is 1. The van der Waals surface area contributed by atoms with Gasteiger partial charge in [-0.2, -0.15) is 0 Å². The molecule has 0 fully saturated rings. The quantitative estimate of drug-likeness (QED) is 0.318. The highest BCUT2D eigenvalue weighted by Crippen LogP contribution is 2.19. The van der Waals surface area contributed by atoms with E-state index in [0.717, 1.165) is 0 Å². The zero-order valence-electron chi connectivity index (χ0n) is 14.4. The number of benzene rings is 2. The van der Waals surface area contributed by atoms with Crippen LogP contribution < -0.4 is 15.7 Å². The van der Waals surface area contributed by atoms with Crippen LogP contribution in [0.15, 0.2) is 81.3 Å². The number of carbonyl (C=O) groups is 2. The lowest BCUT2D eigenvalue weighted by Crippen LogP contribution is -2.18. The van der Waals surface area contributed by atoms with Crippen LogP contribution in [0.4, 0.5) is 5.69 Å². The van der Waals surface area contributed by atoms with Gasteiger partial charge in [0.15, 0.2) is 0 Å². The van der Waals surface area contributed by atoms with Crippen molar-refractivity contribution in [3.8, 4) is 5.75 Å². The van der Waals surface area contributed by atoms with Crippen LogP contribution in [0.2, 0.25) is 0 Å². The predicted octanol–water partition coefficient (Wildman–Crippen LogP) is 4.33. The van der Waals surface area contributed by atoms with Crippen molar-refractivity contribution in [2.45, 2.75) is 0 Å². The van der Waals surface area contributed by atoms with Crippen molar-refractivity contribution in [1.82, 2.24) is 0 Å². The smallest absolute Gasteiger partial charge is 0.351 e. The molecule has 0 radical (unpaired) electrons. The molecule has 7 heteroatoms. The van der Waals surface area contributed by atoms with Gasteiger partial charge in [-0.25, -0.2) is 9.59 Å². The maximum Gasteiger partial charge on any atom is 0.351 e. The van der Waals surface area contributed by atoms with E-state index in [0.29, 0.717) is 21.5 Å². The first kappa shape index (κ1) is 17.7. The number of para-hydroxylation sites is 1. The van der Waals surface area contributed by atoms with Gasteiger partial charge in [0.25, 0.3) is 5.91 Å². The van der Waals surface area contributed by atoms with Gasteiger partial charge in [0.1, 0.15) is 16.9 Å². The summed E-state index contributed by atoms with van der Waals surface area (Å²) in [5.74, 6) is -0.782. The average Bonchev–Trinajstić information content (AvgIpc) is 3.24. The summed E-state index contributed by atoms with van der Waals surface area (Å²) >= 11 is 1.34. The van der Waals surface area contributed by atoms with Gasteiger partial charge in [-0.05, 0) is 47.8 Å². The molecule has 1 N–H and O–H groups in total. The van der Waals surface area contributed by atoms with Crippen LogP contribution in [-0.4, -0.2) is 11.9 Å². The Morgan fingerprint density at radius 3 is 2.50 bits per heavy atom. The van der Waals surface area contributed by atoms with Crippen molar-refractivity contribution in [2.75, 3.05) is 5.32 Å². The summed E-state index contributed by atoms with van der Waals surface area (Å²) in [4.78, 5) is 37.0. The fourth-order valence-electron chi connectivity index (χ4n) is 2.57. The highest BCUT2D eigenvalue weighted by Gasteiger charge is 2.16. The van der Waals surface area contributed by atoms with Crippen molar-refractivity contribution >= 4 is 39.9 Å². The summed E-state index contributed by atoms with van der Waals surface area (Å²) in [6, 6.07) is 18.1. The highest BCUT2D eigenvalue weighted by molar-refractivity contribution is 7.12.